The van der Waals surface area contributed by atoms with Crippen molar-refractivity contribution in [2.24, 2.45) is 0 Å². The molecule has 0 amide bonds. The average Bonchev–Trinajstić information content (AvgIpc) is 2.89. The quantitative estimate of drug-likeness (QED) is 0.853. The van der Waals surface area contributed by atoms with E-state index in [2.05, 4.69) is 30.2 Å². The number of rotatable bonds is 6. The van der Waals surface area contributed by atoms with E-state index in [-0.39, 0.29) is 11.6 Å². The van der Waals surface area contributed by atoms with E-state index in [9.17, 15) is 0 Å². The van der Waals surface area contributed by atoms with Crippen LogP contribution in [0.15, 0.2) is 18.5 Å². The molecule has 0 spiro atoms. The summed E-state index contributed by atoms with van der Waals surface area (Å²) >= 11 is 0. The number of aryl methyl sites for hydroxylation is 1. The lowest BCUT2D eigenvalue weighted by molar-refractivity contribution is -0.0368. The Labute approximate surface area is 116 Å². The van der Waals surface area contributed by atoms with E-state index in [1.165, 1.54) is 24.0 Å². The number of nitrogens with one attached hydrogen (secondary N) is 1. The third-order valence-corrected chi connectivity index (χ3v) is 4.21. The molecule has 2 rings (SSSR count). The molecule has 1 atom stereocenters. The highest BCUT2D eigenvalue weighted by Crippen LogP contribution is 2.42. The van der Waals surface area contributed by atoms with Crippen molar-refractivity contribution in [3.63, 3.8) is 0 Å². The van der Waals surface area contributed by atoms with Gasteiger partial charge in [0.2, 0.25) is 0 Å². The second kappa shape index (κ2) is 6.49. The van der Waals surface area contributed by atoms with E-state index in [0.29, 0.717) is 0 Å². The molecule has 1 saturated carbocycles. The molecule has 1 unspecified atom stereocenters. The highest BCUT2D eigenvalue weighted by atomic mass is 16.5. The van der Waals surface area contributed by atoms with Crippen LogP contribution in [0.3, 0.4) is 0 Å². The van der Waals surface area contributed by atoms with Crippen LogP contribution in [0.4, 0.5) is 0 Å². The van der Waals surface area contributed by atoms with Crippen molar-refractivity contribution >= 4 is 0 Å². The molecule has 1 aromatic heterocycles. The lowest BCUT2D eigenvalue weighted by Gasteiger charge is -2.37. The van der Waals surface area contributed by atoms with Crippen LogP contribution in [-0.4, -0.2) is 24.2 Å². The molecule has 3 nitrogen and oxygen atoms in total. The molecule has 1 fully saturated rings. The van der Waals surface area contributed by atoms with Crippen molar-refractivity contribution in [1.29, 1.82) is 0 Å². The fraction of sp³-hybridized carbons (Fsp3) is 0.688. The molecule has 3 heteroatoms. The van der Waals surface area contributed by atoms with Crippen LogP contribution >= 0.6 is 0 Å². The number of nitrogens with zero attached hydrogens (tertiary/aromatic N) is 1. The van der Waals surface area contributed by atoms with Gasteiger partial charge in [0.25, 0.3) is 0 Å². The van der Waals surface area contributed by atoms with Crippen LogP contribution in [0.25, 0.3) is 0 Å². The first-order chi connectivity index (χ1) is 9.22. The van der Waals surface area contributed by atoms with Crippen LogP contribution in [-0.2, 0) is 4.74 Å². The van der Waals surface area contributed by atoms with Gasteiger partial charge in [-0.1, -0.05) is 25.8 Å². The maximum atomic E-state index is 5.96. The van der Waals surface area contributed by atoms with Gasteiger partial charge in [0.1, 0.15) is 0 Å². The second-order valence-corrected chi connectivity index (χ2v) is 5.66. The topological polar surface area (TPSA) is 34.2 Å². The van der Waals surface area contributed by atoms with Crippen molar-refractivity contribution in [2.75, 3.05) is 13.7 Å². The Morgan fingerprint density at radius 1 is 1.37 bits per heavy atom. The predicted octanol–water partition coefficient (Wildman–Crippen LogP) is 3.39. The summed E-state index contributed by atoms with van der Waals surface area (Å²) in [4.78, 5) is 4.35. The van der Waals surface area contributed by atoms with Crippen LogP contribution in [0.5, 0.6) is 0 Å². The van der Waals surface area contributed by atoms with E-state index in [0.717, 1.165) is 25.8 Å². The van der Waals surface area contributed by atoms with E-state index in [4.69, 9.17) is 4.74 Å². The summed E-state index contributed by atoms with van der Waals surface area (Å²) in [5, 5.41) is 3.68. The summed E-state index contributed by atoms with van der Waals surface area (Å²) < 4.78 is 5.96. The van der Waals surface area contributed by atoms with Crippen LogP contribution in [0, 0.1) is 6.92 Å². The summed E-state index contributed by atoms with van der Waals surface area (Å²) in [5.41, 5.74) is 2.42. The normalized spacial score (nSPS) is 19.5. The Hall–Kier alpha value is -0.930. The summed E-state index contributed by atoms with van der Waals surface area (Å²) in [5.74, 6) is 0. The highest BCUT2D eigenvalue weighted by Gasteiger charge is 2.42. The molecule has 106 valence electrons. The number of aromatic nitrogens is 1. The molecule has 0 saturated heterocycles. The van der Waals surface area contributed by atoms with Crippen molar-refractivity contribution in [1.82, 2.24) is 10.3 Å². The molecule has 1 heterocycles. The Morgan fingerprint density at radius 2 is 2.11 bits per heavy atom. The Bertz CT molecular complexity index is 399. The van der Waals surface area contributed by atoms with Gasteiger partial charge in [-0.2, -0.15) is 0 Å². The smallest absolute Gasteiger partial charge is 0.0873 e. The third kappa shape index (κ3) is 3.15. The lowest BCUT2D eigenvalue weighted by Crippen LogP contribution is -2.44. The zero-order valence-electron chi connectivity index (χ0n) is 12.4. The first-order valence-corrected chi connectivity index (χ1v) is 7.42. The van der Waals surface area contributed by atoms with Gasteiger partial charge in [-0.05, 0) is 43.9 Å². The standard InChI is InChI=1S/C16H26N2O/c1-4-9-18-15(14-10-13(2)11-17-12-14)16(19-3)7-5-6-8-16/h10-12,15,18H,4-9H2,1-3H3. The predicted molar refractivity (Wildman–Crippen MR) is 78.2 cm³/mol. The summed E-state index contributed by atoms with van der Waals surface area (Å²) in [7, 11) is 1.86. The van der Waals surface area contributed by atoms with Crippen molar-refractivity contribution in [3.05, 3.63) is 29.6 Å². The lowest BCUT2D eigenvalue weighted by atomic mass is 9.87. The summed E-state index contributed by atoms with van der Waals surface area (Å²) in [6.45, 7) is 5.32. The summed E-state index contributed by atoms with van der Waals surface area (Å²) in [6.07, 6.45) is 9.83. The van der Waals surface area contributed by atoms with E-state index >= 15 is 0 Å². The molecule has 0 aromatic carbocycles. The van der Waals surface area contributed by atoms with Crippen molar-refractivity contribution < 1.29 is 4.74 Å². The van der Waals surface area contributed by atoms with E-state index in [1.54, 1.807) is 0 Å². The average molecular weight is 262 g/mol. The number of hydrogen-bond donors (Lipinski definition) is 1. The molecular weight excluding hydrogens is 236 g/mol. The maximum absolute atomic E-state index is 5.96. The highest BCUT2D eigenvalue weighted by molar-refractivity contribution is 5.24. The molecule has 1 N–H and O–H groups in total. The fourth-order valence-electron chi connectivity index (χ4n) is 3.22. The first kappa shape index (κ1) is 14.5. The van der Waals surface area contributed by atoms with Crippen molar-refractivity contribution in [3.8, 4) is 0 Å². The fourth-order valence-corrected chi connectivity index (χ4v) is 3.22. The van der Waals surface area contributed by atoms with Gasteiger partial charge in [0, 0.05) is 19.5 Å². The van der Waals surface area contributed by atoms with Gasteiger partial charge in [-0.15, -0.1) is 0 Å². The Balaban J connectivity index is 2.29. The Morgan fingerprint density at radius 3 is 2.68 bits per heavy atom. The largest absolute Gasteiger partial charge is 0.376 e. The zero-order valence-corrected chi connectivity index (χ0v) is 12.4. The molecular formula is C16H26N2O. The van der Waals surface area contributed by atoms with Gasteiger partial charge in [0.15, 0.2) is 0 Å². The first-order valence-electron chi connectivity index (χ1n) is 7.42. The minimum Gasteiger partial charge on any atom is -0.376 e. The van der Waals surface area contributed by atoms with Crippen LogP contribution < -0.4 is 5.32 Å². The SMILES string of the molecule is CCCNC(c1cncc(C)c1)C1(OC)CCCC1. The van der Waals surface area contributed by atoms with Gasteiger partial charge in [-0.25, -0.2) is 0 Å². The summed E-state index contributed by atoms with van der Waals surface area (Å²) in [6, 6.07) is 2.49. The van der Waals surface area contributed by atoms with Gasteiger partial charge < -0.3 is 10.1 Å². The zero-order chi connectivity index (χ0) is 13.7. The Kier molecular flexibility index (Phi) is 4.94. The second-order valence-electron chi connectivity index (χ2n) is 5.66. The van der Waals surface area contributed by atoms with E-state index in [1.807, 2.05) is 19.5 Å². The monoisotopic (exact) mass is 262 g/mol. The van der Waals surface area contributed by atoms with Gasteiger partial charge in [-0.3, -0.25) is 4.98 Å². The molecule has 0 bridgehead atoms. The molecule has 1 aliphatic rings. The number of hydrogen-bond acceptors (Lipinski definition) is 3. The number of ether oxygens (including phenoxy) is 1. The molecule has 0 radical (unpaired) electrons. The van der Waals surface area contributed by atoms with Crippen LogP contribution in [0.1, 0.15) is 56.2 Å². The molecule has 1 aromatic rings. The number of pyridine rings is 1. The maximum Gasteiger partial charge on any atom is 0.0873 e. The van der Waals surface area contributed by atoms with Crippen molar-refractivity contribution in [2.45, 2.75) is 57.6 Å². The van der Waals surface area contributed by atoms with E-state index < -0.39 is 0 Å². The molecule has 0 aliphatic heterocycles. The van der Waals surface area contributed by atoms with Gasteiger partial charge >= 0.3 is 0 Å². The van der Waals surface area contributed by atoms with Gasteiger partial charge in [0.05, 0.1) is 11.6 Å². The number of methoxy groups -OCH3 is 1. The van der Waals surface area contributed by atoms with Crippen LogP contribution in [0.2, 0.25) is 0 Å². The minimum atomic E-state index is -0.0509. The third-order valence-electron chi connectivity index (χ3n) is 4.21. The molecule has 19 heavy (non-hydrogen) atoms. The molecule has 1 aliphatic carbocycles. The minimum absolute atomic E-state index is 0.0509.